The largest absolute Gasteiger partial charge is 0.393 e. The number of benzene rings is 1. The Labute approximate surface area is 113 Å². The first-order valence-corrected chi connectivity index (χ1v) is 6.76. The monoisotopic (exact) mass is 265 g/mol. The molecule has 1 aliphatic rings. The fourth-order valence-corrected chi connectivity index (χ4v) is 2.38. The number of carbonyl (C=O) groups excluding carboxylic acids is 1. The minimum Gasteiger partial charge on any atom is -0.393 e. The summed E-state index contributed by atoms with van der Waals surface area (Å²) in [6.07, 6.45) is 0.875. The van der Waals surface area contributed by atoms with Crippen molar-refractivity contribution in [3.8, 4) is 0 Å². The lowest BCUT2D eigenvalue weighted by Crippen LogP contribution is -2.40. The number of halogens is 1. The van der Waals surface area contributed by atoms with Crippen LogP contribution in [0.3, 0.4) is 0 Å². The van der Waals surface area contributed by atoms with E-state index in [1.807, 2.05) is 13.8 Å². The first-order valence-electron chi connectivity index (χ1n) is 6.76. The maximum Gasteiger partial charge on any atom is 0.253 e. The molecule has 0 saturated carbocycles. The third-order valence-electron chi connectivity index (χ3n) is 3.62. The second kappa shape index (κ2) is 5.70. The van der Waals surface area contributed by atoms with E-state index in [9.17, 15) is 14.3 Å². The highest BCUT2D eigenvalue weighted by Gasteiger charge is 2.23. The summed E-state index contributed by atoms with van der Waals surface area (Å²) in [5.74, 6) is -0.367. The van der Waals surface area contributed by atoms with Crippen LogP contribution >= 0.6 is 0 Å². The molecule has 1 aliphatic heterocycles. The first kappa shape index (κ1) is 14.0. The summed E-state index contributed by atoms with van der Waals surface area (Å²) in [5.41, 5.74) is 1.02. The quantitative estimate of drug-likeness (QED) is 0.892. The normalized spacial score (nSPS) is 17.0. The third-order valence-corrected chi connectivity index (χ3v) is 3.62. The van der Waals surface area contributed by atoms with Gasteiger partial charge in [-0.1, -0.05) is 19.9 Å². The van der Waals surface area contributed by atoms with E-state index in [-0.39, 0.29) is 23.7 Å². The molecule has 1 heterocycles. The zero-order valence-electron chi connectivity index (χ0n) is 11.4. The van der Waals surface area contributed by atoms with Crippen molar-refractivity contribution >= 4 is 5.91 Å². The molecular formula is C15H20FNO2. The van der Waals surface area contributed by atoms with Gasteiger partial charge in [-0.2, -0.15) is 0 Å². The van der Waals surface area contributed by atoms with Crippen LogP contribution in [0.15, 0.2) is 18.2 Å². The number of hydrogen-bond donors (Lipinski definition) is 1. The molecule has 0 aromatic heterocycles. The smallest absolute Gasteiger partial charge is 0.253 e. The lowest BCUT2D eigenvalue weighted by atomic mass is 10.00. The molecule has 1 N–H and O–H groups in total. The standard InChI is InChI=1S/C15H20FNO2/c1-10(2)13-4-3-11(9-14(13)16)15(19)17-7-5-12(18)6-8-17/h3-4,9-10,12,18H,5-8H2,1-2H3. The summed E-state index contributed by atoms with van der Waals surface area (Å²) in [6, 6.07) is 4.69. The van der Waals surface area contributed by atoms with Crippen molar-refractivity contribution in [2.24, 2.45) is 0 Å². The van der Waals surface area contributed by atoms with E-state index in [0.29, 0.717) is 37.1 Å². The predicted molar refractivity (Wildman–Crippen MR) is 71.6 cm³/mol. The van der Waals surface area contributed by atoms with Crippen LogP contribution < -0.4 is 0 Å². The Balaban J connectivity index is 2.13. The summed E-state index contributed by atoms with van der Waals surface area (Å²) >= 11 is 0. The second-order valence-electron chi connectivity index (χ2n) is 5.41. The van der Waals surface area contributed by atoms with Gasteiger partial charge in [0.2, 0.25) is 0 Å². The van der Waals surface area contributed by atoms with Crippen LogP contribution in [0, 0.1) is 5.82 Å². The predicted octanol–water partition coefficient (Wildman–Crippen LogP) is 2.55. The minimum absolute atomic E-state index is 0.106. The maximum atomic E-state index is 13.9. The van der Waals surface area contributed by atoms with E-state index in [2.05, 4.69) is 0 Å². The zero-order valence-corrected chi connectivity index (χ0v) is 11.4. The van der Waals surface area contributed by atoms with E-state index in [1.165, 1.54) is 6.07 Å². The number of rotatable bonds is 2. The molecule has 0 atom stereocenters. The van der Waals surface area contributed by atoms with Gasteiger partial charge >= 0.3 is 0 Å². The Bertz CT molecular complexity index is 465. The summed E-state index contributed by atoms with van der Waals surface area (Å²) in [5, 5.41) is 9.42. The van der Waals surface area contributed by atoms with Crippen molar-refractivity contribution < 1.29 is 14.3 Å². The van der Waals surface area contributed by atoms with Crippen molar-refractivity contribution in [2.75, 3.05) is 13.1 Å². The van der Waals surface area contributed by atoms with Gasteiger partial charge in [0, 0.05) is 18.7 Å². The van der Waals surface area contributed by atoms with Gasteiger partial charge in [0.1, 0.15) is 5.82 Å². The molecule has 3 nitrogen and oxygen atoms in total. The van der Waals surface area contributed by atoms with E-state index in [0.717, 1.165) is 0 Å². The lowest BCUT2D eigenvalue weighted by Gasteiger charge is -2.29. The summed E-state index contributed by atoms with van der Waals surface area (Å²) in [7, 11) is 0. The number of aliphatic hydroxyl groups is 1. The van der Waals surface area contributed by atoms with Crippen LogP contribution in [-0.2, 0) is 0 Å². The fraction of sp³-hybridized carbons (Fsp3) is 0.533. The van der Waals surface area contributed by atoms with Crippen LogP contribution in [0.1, 0.15) is 48.5 Å². The van der Waals surface area contributed by atoms with Crippen molar-refractivity contribution in [1.82, 2.24) is 4.90 Å². The molecule has 4 heteroatoms. The van der Waals surface area contributed by atoms with Crippen molar-refractivity contribution in [3.05, 3.63) is 35.1 Å². The zero-order chi connectivity index (χ0) is 14.0. The van der Waals surface area contributed by atoms with Gasteiger partial charge in [-0.3, -0.25) is 4.79 Å². The van der Waals surface area contributed by atoms with Crippen LogP contribution in [0.2, 0.25) is 0 Å². The van der Waals surface area contributed by atoms with Gasteiger partial charge in [-0.25, -0.2) is 4.39 Å². The number of nitrogens with zero attached hydrogens (tertiary/aromatic N) is 1. The second-order valence-corrected chi connectivity index (χ2v) is 5.41. The number of hydrogen-bond acceptors (Lipinski definition) is 2. The van der Waals surface area contributed by atoms with E-state index >= 15 is 0 Å². The van der Waals surface area contributed by atoms with Gasteiger partial charge in [-0.15, -0.1) is 0 Å². The average Bonchev–Trinajstić information content (AvgIpc) is 2.38. The van der Waals surface area contributed by atoms with Crippen LogP contribution in [0.4, 0.5) is 4.39 Å². The highest BCUT2D eigenvalue weighted by molar-refractivity contribution is 5.94. The van der Waals surface area contributed by atoms with Gasteiger partial charge < -0.3 is 10.0 Å². The number of amides is 1. The van der Waals surface area contributed by atoms with Gasteiger partial charge in [0.25, 0.3) is 5.91 Å². The molecule has 0 unspecified atom stereocenters. The number of piperidine rings is 1. The Hall–Kier alpha value is -1.42. The molecule has 1 saturated heterocycles. The highest BCUT2D eigenvalue weighted by Crippen LogP contribution is 2.21. The number of aliphatic hydroxyl groups excluding tert-OH is 1. The third kappa shape index (κ3) is 3.13. The van der Waals surface area contributed by atoms with Crippen molar-refractivity contribution in [1.29, 1.82) is 0 Å². The first-order chi connectivity index (χ1) is 8.99. The number of likely N-dealkylation sites (tertiary alicyclic amines) is 1. The topological polar surface area (TPSA) is 40.5 Å². The van der Waals surface area contributed by atoms with Gasteiger partial charge in [0.05, 0.1) is 6.10 Å². The Kier molecular flexibility index (Phi) is 4.20. The van der Waals surface area contributed by atoms with E-state index in [4.69, 9.17) is 0 Å². The van der Waals surface area contributed by atoms with Gasteiger partial charge in [-0.05, 0) is 36.5 Å². The summed E-state index contributed by atoms with van der Waals surface area (Å²) in [6.45, 7) is 4.92. The van der Waals surface area contributed by atoms with E-state index < -0.39 is 0 Å². The number of carbonyl (C=O) groups is 1. The van der Waals surface area contributed by atoms with Crippen molar-refractivity contribution in [2.45, 2.75) is 38.7 Å². The Morgan fingerprint density at radius 1 is 1.37 bits per heavy atom. The lowest BCUT2D eigenvalue weighted by molar-refractivity contribution is 0.0546. The van der Waals surface area contributed by atoms with Crippen LogP contribution in [-0.4, -0.2) is 35.1 Å². The Morgan fingerprint density at radius 2 is 2.00 bits per heavy atom. The SMILES string of the molecule is CC(C)c1ccc(C(=O)N2CCC(O)CC2)cc1F. The molecular weight excluding hydrogens is 245 g/mol. The van der Waals surface area contributed by atoms with E-state index in [1.54, 1.807) is 17.0 Å². The molecule has 0 aliphatic carbocycles. The highest BCUT2D eigenvalue weighted by atomic mass is 19.1. The van der Waals surface area contributed by atoms with Crippen molar-refractivity contribution in [3.63, 3.8) is 0 Å². The molecule has 1 aromatic carbocycles. The molecule has 1 aromatic rings. The summed E-state index contributed by atoms with van der Waals surface area (Å²) < 4.78 is 13.9. The summed E-state index contributed by atoms with van der Waals surface area (Å²) in [4.78, 5) is 13.9. The van der Waals surface area contributed by atoms with Gasteiger partial charge in [0.15, 0.2) is 0 Å². The van der Waals surface area contributed by atoms with Crippen LogP contribution in [0.5, 0.6) is 0 Å². The average molecular weight is 265 g/mol. The Morgan fingerprint density at radius 3 is 2.53 bits per heavy atom. The molecule has 2 rings (SSSR count). The minimum atomic E-state index is -0.321. The molecule has 0 spiro atoms. The molecule has 19 heavy (non-hydrogen) atoms. The van der Waals surface area contributed by atoms with Crippen LogP contribution in [0.25, 0.3) is 0 Å². The molecule has 1 amide bonds. The fourth-order valence-electron chi connectivity index (χ4n) is 2.38. The molecule has 1 fully saturated rings. The molecule has 0 radical (unpaired) electrons. The molecule has 104 valence electrons. The maximum absolute atomic E-state index is 13.9. The molecule has 0 bridgehead atoms.